The van der Waals surface area contributed by atoms with E-state index >= 15 is 0 Å². The van der Waals surface area contributed by atoms with Gasteiger partial charge in [0.1, 0.15) is 11.5 Å². The highest BCUT2D eigenvalue weighted by Crippen LogP contribution is 2.32. The van der Waals surface area contributed by atoms with Crippen molar-refractivity contribution in [1.29, 1.82) is 0 Å². The molecule has 0 unspecified atom stereocenters. The number of hydrogen-bond donors (Lipinski definition) is 0. The van der Waals surface area contributed by atoms with Crippen molar-refractivity contribution in [1.82, 2.24) is 15.0 Å². The minimum Gasteiger partial charge on any atom is -0.250 e. The molecule has 0 aliphatic heterocycles. The normalized spacial score (nSPS) is 13.1. The fourth-order valence-electron chi connectivity index (χ4n) is 3.09. The second-order valence-corrected chi connectivity index (χ2v) is 5.85. The maximum Gasteiger partial charge on any atom is 0.178 e. The standard InChI is InChI=1S/C19H16FN3/c1-12-5-2-10-17(21-12)19-22-16-9-4-8-15(16)18(23-19)13-6-3-7-14(20)11-13/h2-3,5-7,10-11H,4,8-9H2,1H3. The van der Waals surface area contributed by atoms with Crippen molar-refractivity contribution in [3.63, 3.8) is 0 Å². The van der Waals surface area contributed by atoms with Gasteiger partial charge in [-0.25, -0.2) is 19.3 Å². The second kappa shape index (κ2) is 5.54. The van der Waals surface area contributed by atoms with E-state index in [1.807, 2.05) is 31.2 Å². The van der Waals surface area contributed by atoms with E-state index in [-0.39, 0.29) is 5.82 Å². The highest BCUT2D eigenvalue weighted by Gasteiger charge is 2.21. The zero-order valence-corrected chi connectivity index (χ0v) is 12.9. The summed E-state index contributed by atoms with van der Waals surface area (Å²) in [4.78, 5) is 14.0. The molecule has 3 nitrogen and oxygen atoms in total. The van der Waals surface area contributed by atoms with Crippen LogP contribution < -0.4 is 0 Å². The van der Waals surface area contributed by atoms with Crippen LogP contribution in [0.3, 0.4) is 0 Å². The molecule has 3 aromatic rings. The molecule has 4 rings (SSSR count). The predicted octanol–water partition coefficient (Wildman–Crippen LogP) is 4.14. The second-order valence-electron chi connectivity index (χ2n) is 5.85. The zero-order chi connectivity index (χ0) is 15.8. The van der Waals surface area contributed by atoms with Gasteiger partial charge < -0.3 is 0 Å². The third-order valence-electron chi connectivity index (χ3n) is 4.15. The molecular weight excluding hydrogens is 289 g/mol. The molecule has 0 saturated heterocycles. The number of nitrogens with zero attached hydrogens (tertiary/aromatic N) is 3. The van der Waals surface area contributed by atoms with Crippen LogP contribution in [0.1, 0.15) is 23.4 Å². The first-order valence-corrected chi connectivity index (χ1v) is 7.80. The van der Waals surface area contributed by atoms with Gasteiger partial charge in [-0.05, 0) is 50.5 Å². The summed E-state index contributed by atoms with van der Waals surface area (Å²) in [5.41, 5.74) is 5.55. The summed E-state index contributed by atoms with van der Waals surface area (Å²) < 4.78 is 13.6. The molecule has 0 N–H and O–H groups in total. The first-order valence-electron chi connectivity index (χ1n) is 7.80. The summed E-state index contributed by atoms with van der Waals surface area (Å²) in [5.74, 6) is 0.372. The summed E-state index contributed by atoms with van der Waals surface area (Å²) >= 11 is 0. The lowest BCUT2D eigenvalue weighted by atomic mass is 10.0. The highest BCUT2D eigenvalue weighted by atomic mass is 19.1. The van der Waals surface area contributed by atoms with Crippen LogP contribution in [0.4, 0.5) is 4.39 Å². The Bertz CT molecular complexity index is 890. The van der Waals surface area contributed by atoms with Crippen molar-refractivity contribution in [2.75, 3.05) is 0 Å². The quantitative estimate of drug-likeness (QED) is 0.714. The van der Waals surface area contributed by atoms with Gasteiger partial charge in [0.15, 0.2) is 5.82 Å². The molecule has 0 bridgehead atoms. The van der Waals surface area contributed by atoms with E-state index in [1.165, 1.54) is 12.1 Å². The Hall–Kier alpha value is -2.62. The van der Waals surface area contributed by atoms with Crippen LogP contribution in [0.5, 0.6) is 0 Å². The summed E-state index contributed by atoms with van der Waals surface area (Å²) in [6.07, 6.45) is 2.96. The van der Waals surface area contributed by atoms with Gasteiger partial charge >= 0.3 is 0 Å². The van der Waals surface area contributed by atoms with Crippen LogP contribution in [-0.4, -0.2) is 15.0 Å². The number of benzene rings is 1. The third-order valence-corrected chi connectivity index (χ3v) is 4.15. The average molecular weight is 305 g/mol. The number of rotatable bonds is 2. The van der Waals surface area contributed by atoms with E-state index in [4.69, 9.17) is 9.97 Å². The Morgan fingerprint density at radius 1 is 0.957 bits per heavy atom. The summed E-state index contributed by atoms with van der Waals surface area (Å²) in [6.45, 7) is 1.95. The number of halogens is 1. The Morgan fingerprint density at radius 3 is 2.65 bits per heavy atom. The summed E-state index contributed by atoms with van der Waals surface area (Å²) in [6, 6.07) is 12.4. The minimum absolute atomic E-state index is 0.247. The van der Waals surface area contributed by atoms with Gasteiger partial charge in [0, 0.05) is 22.5 Å². The summed E-state index contributed by atoms with van der Waals surface area (Å²) in [5, 5.41) is 0. The molecule has 1 aliphatic carbocycles. The number of hydrogen-bond acceptors (Lipinski definition) is 3. The van der Waals surface area contributed by atoms with Gasteiger partial charge in [-0.15, -0.1) is 0 Å². The van der Waals surface area contributed by atoms with Gasteiger partial charge in [-0.2, -0.15) is 0 Å². The molecule has 114 valence electrons. The van der Waals surface area contributed by atoms with E-state index in [2.05, 4.69) is 4.98 Å². The molecule has 0 spiro atoms. The minimum atomic E-state index is -0.247. The van der Waals surface area contributed by atoms with Crippen molar-refractivity contribution in [3.05, 3.63) is 65.2 Å². The van der Waals surface area contributed by atoms with Crippen LogP contribution in [0.15, 0.2) is 42.5 Å². The number of aryl methyl sites for hydroxylation is 2. The molecule has 4 heteroatoms. The number of pyridine rings is 1. The number of fused-ring (bicyclic) bond motifs is 1. The highest BCUT2D eigenvalue weighted by molar-refractivity contribution is 5.67. The van der Waals surface area contributed by atoms with Crippen molar-refractivity contribution < 1.29 is 4.39 Å². The Labute approximate surface area is 134 Å². The molecule has 23 heavy (non-hydrogen) atoms. The lowest BCUT2D eigenvalue weighted by molar-refractivity contribution is 0.628. The lowest BCUT2D eigenvalue weighted by Crippen LogP contribution is -2.02. The van der Waals surface area contributed by atoms with Crippen molar-refractivity contribution in [3.8, 4) is 22.8 Å². The predicted molar refractivity (Wildman–Crippen MR) is 87.4 cm³/mol. The van der Waals surface area contributed by atoms with Crippen molar-refractivity contribution in [2.45, 2.75) is 26.2 Å². The first kappa shape index (κ1) is 14.0. The van der Waals surface area contributed by atoms with Crippen LogP contribution >= 0.6 is 0 Å². The lowest BCUT2D eigenvalue weighted by Gasteiger charge is -2.10. The topological polar surface area (TPSA) is 38.7 Å². The van der Waals surface area contributed by atoms with E-state index < -0.39 is 0 Å². The van der Waals surface area contributed by atoms with E-state index in [0.29, 0.717) is 5.82 Å². The maximum atomic E-state index is 13.6. The third kappa shape index (κ3) is 2.61. The molecule has 1 aromatic carbocycles. The molecule has 0 saturated carbocycles. The molecule has 0 radical (unpaired) electrons. The Kier molecular flexibility index (Phi) is 3.37. The maximum absolute atomic E-state index is 13.6. The molecule has 2 aromatic heterocycles. The van der Waals surface area contributed by atoms with Crippen molar-refractivity contribution >= 4 is 0 Å². The smallest absolute Gasteiger partial charge is 0.178 e. The molecule has 1 aliphatic rings. The molecular formula is C19H16FN3. The fraction of sp³-hybridized carbons (Fsp3) is 0.211. The van der Waals surface area contributed by atoms with E-state index in [0.717, 1.165) is 53.2 Å². The van der Waals surface area contributed by atoms with Crippen LogP contribution in [0.2, 0.25) is 0 Å². The SMILES string of the molecule is Cc1cccc(-c2nc3c(c(-c4cccc(F)c4)n2)CCC3)n1. The van der Waals surface area contributed by atoms with Crippen LogP contribution in [-0.2, 0) is 12.8 Å². The van der Waals surface area contributed by atoms with Gasteiger partial charge in [0.05, 0.1) is 5.69 Å². The number of aromatic nitrogens is 3. The zero-order valence-electron chi connectivity index (χ0n) is 12.9. The van der Waals surface area contributed by atoms with Gasteiger partial charge in [0.2, 0.25) is 0 Å². The van der Waals surface area contributed by atoms with E-state index in [1.54, 1.807) is 6.07 Å². The summed E-state index contributed by atoms with van der Waals surface area (Å²) in [7, 11) is 0. The van der Waals surface area contributed by atoms with Crippen LogP contribution in [0, 0.1) is 12.7 Å². The van der Waals surface area contributed by atoms with E-state index in [9.17, 15) is 4.39 Å². The van der Waals surface area contributed by atoms with Gasteiger partial charge in [0.25, 0.3) is 0 Å². The fourth-order valence-corrected chi connectivity index (χ4v) is 3.09. The van der Waals surface area contributed by atoms with Crippen LogP contribution in [0.25, 0.3) is 22.8 Å². The molecule has 0 fully saturated rings. The Morgan fingerprint density at radius 2 is 1.83 bits per heavy atom. The largest absolute Gasteiger partial charge is 0.250 e. The molecule has 0 atom stereocenters. The van der Waals surface area contributed by atoms with Gasteiger partial charge in [-0.1, -0.05) is 18.2 Å². The molecule has 0 amide bonds. The first-order chi connectivity index (χ1) is 11.2. The molecule has 2 heterocycles. The van der Waals surface area contributed by atoms with Crippen molar-refractivity contribution in [2.24, 2.45) is 0 Å². The average Bonchev–Trinajstić information content (AvgIpc) is 3.02. The Balaban J connectivity index is 1.92. The monoisotopic (exact) mass is 305 g/mol. The van der Waals surface area contributed by atoms with Gasteiger partial charge in [-0.3, -0.25) is 0 Å².